The molecule has 1 fully saturated rings. The van der Waals surface area contributed by atoms with Crippen LogP contribution in [0.4, 0.5) is 0 Å². The molecule has 0 saturated carbocycles. The zero-order valence-corrected chi connectivity index (χ0v) is 11.9. The number of rotatable bonds is 4. The summed E-state index contributed by atoms with van der Waals surface area (Å²) >= 11 is 0.876. The highest BCUT2D eigenvalue weighted by Gasteiger charge is 2.38. The lowest BCUT2D eigenvalue weighted by Crippen LogP contribution is -2.37. The first-order valence-corrected chi connectivity index (χ1v) is 7.99. The van der Waals surface area contributed by atoms with E-state index in [4.69, 9.17) is 0 Å². The third kappa shape index (κ3) is 2.50. The number of hydrogen-bond donors (Lipinski definition) is 1. The summed E-state index contributed by atoms with van der Waals surface area (Å²) in [5.74, 6) is -0.778. The van der Waals surface area contributed by atoms with Gasteiger partial charge in [0.25, 0.3) is 10.0 Å². The van der Waals surface area contributed by atoms with Gasteiger partial charge in [-0.3, -0.25) is 0 Å². The summed E-state index contributed by atoms with van der Waals surface area (Å²) in [6.07, 6.45) is 1.30. The molecule has 0 spiro atoms. The van der Waals surface area contributed by atoms with E-state index in [0.29, 0.717) is 19.4 Å². The molecule has 1 aromatic rings. The maximum Gasteiger partial charge on any atom is 0.358 e. The van der Waals surface area contributed by atoms with Gasteiger partial charge >= 0.3 is 5.97 Å². The Morgan fingerprint density at radius 1 is 1.68 bits per heavy atom. The van der Waals surface area contributed by atoms with Crippen molar-refractivity contribution in [3.63, 3.8) is 0 Å². The van der Waals surface area contributed by atoms with Crippen molar-refractivity contribution in [2.75, 3.05) is 20.3 Å². The van der Waals surface area contributed by atoms with Crippen molar-refractivity contribution in [2.45, 2.75) is 23.1 Å². The Hall–Kier alpha value is -1.03. The standard InChI is InChI=1S/C10H14N2O5S2/c1-17-9(14)8-10(18-6-11-8)19(15,16)12-4-2-3-7(12)5-13/h6-7,13H,2-5H2,1H3. The number of esters is 1. The van der Waals surface area contributed by atoms with Crippen LogP contribution in [0.15, 0.2) is 9.72 Å². The molecule has 1 aliphatic heterocycles. The lowest BCUT2D eigenvalue weighted by Gasteiger charge is -2.21. The highest BCUT2D eigenvalue weighted by atomic mass is 32.2. The average Bonchev–Trinajstić information content (AvgIpc) is 3.06. The van der Waals surface area contributed by atoms with Gasteiger partial charge in [-0.1, -0.05) is 0 Å². The molecular weight excluding hydrogens is 292 g/mol. The second-order valence-electron chi connectivity index (χ2n) is 4.07. The number of carbonyl (C=O) groups is 1. The Balaban J connectivity index is 2.40. The molecule has 0 radical (unpaired) electrons. The maximum absolute atomic E-state index is 12.5. The lowest BCUT2D eigenvalue weighted by molar-refractivity contribution is 0.0590. The summed E-state index contributed by atoms with van der Waals surface area (Å²) in [5, 5.41) is 9.21. The predicted octanol–water partition coefficient (Wildman–Crippen LogP) is 0.0751. The van der Waals surface area contributed by atoms with Crippen LogP contribution in [0.2, 0.25) is 0 Å². The highest BCUT2D eigenvalue weighted by molar-refractivity contribution is 7.91. The van der Waals surface area contributed by atoms with Crippen LogP contribution in [-0.2, 0) is 14.8 Å². The van der Waals surface area contributed by atoms with Crippen LogP contribution in [-0.4, -0.2) is 55.1 Å². The monoisotopic (exact) mass is 306 g/mol. The molecule has 2 heterocycles. The van der Waals surface area contributed by atoms with Crippen LogP contribution in [0.5, 0.6) is 0 Å². The van der Waals surface area contributed by atoms with Gasteiger partial charge < -0.3 is 9.84 Å². The number of aromatic nitrogens is 1. The van der Waals surface area contributed by atoms with E-state index < -0.39 is 22.0 Å². The maximum atomic E-state index is 12.5. The average molecular weight is 306 g/mol. The number of carbonyl (C=O) groups excluding carboxylic acids is 1. The molecule has 1 unspecified atom stereocenters. The van der Waals surface area contributed by atoms with E-state index in [-0.39, 0.29) is 16.5 Å². The summed E-state index contributed by atoms with van der Waals surface area (Å²) < 4.78 is 30.6. The fraction of sp³-hybridized carbons (Fsp3) is 0.600. The van der Waals surface area contributed by atoms with Gasteiger partial charge in [-0.2, -0.15) is 4.31 Å². The zero-order chi connectivity index (χ0) is 14.0. The van der Waals surface area contributed by atoms with Crippen molar-refractivity contribution < 1.29 is 23.1 Å². The van der Waals surface area contributed by atoms with Gasteiger partial charge in [0.1, 0.15) is 0 Å². The largest absolute Gasteiger partial charge is 0.464 e. The third-order valence-corrected chi connectivity index (χ3v) is 6.29. The van der Waals surface area contributed by atoms with E-state index >= 15 is 0 Å². The number of sulfonamides is 1. The van der Waals surface area contributed by atoms with Crippen molar-refractivity contribution in [3.05, 3.63) is 11.2 Å². The van der Waals surface area contributed by atoms with Gasteiger partial charge in [-0.05, 0) is 12.8 Å². The molecule has 19 heavy (non-hydrogen) atoms. The van der Waals surface area contributed by atoms with Gasteiger partial charge in [0, 0.05) is 12.6 Å². The van der Waals surface area contributed by atoms with Gasteiger partial charge in [-0.25, -0.2) is 18.2 Å². The van der Waals surface area contributed by atoms with E-state index in [1.165, 1.54) is 16.9 Å². The van der Waals surface area contributed by atoms with E-state index in [2.05, 4.69) is 9.72 Å². The van der Waals surface area contributed by atoms with E-state index in [1.54, 1.807) is 0 Å². The number of nitrogens with zero attached hydrogens (tertiary/aromatic N) is 2. The minimum atomic E-state index is -3.81. The normalized spacial score (nSPS) is 20.6. The van der Waals surface area contributed by atoms with Gasteiger partial charge in [0.05, 0.1) is 19.2 Å². The molecule has 9 heteroatoms. The van der Waals surface area contributed by atoms with Crippen molar-refractivity contribution in [1.82, 2.24) is 9.29 Å². The van der Waals surface area contributed by atoms with E-state index in [1.807, 2.05) is 0 Å². The fourth-order valence-electron chi connectivity index (χ4n) is 2.07. The number of hydrogen-bond acceptors (Lipinski definition) is 7. The molecule has 106 valence electrons. The molecule has 0 aliphatic carbocycles. The number of aliphatic hydroxyl groups excluding tert-OH is 1. The van der Waals surface area contributed by atoms with Crippen LogP contribution < -0.4 is 0 Å². The highest BCUT2D eigenvalue weighted by Crippen LogP contribution is 2.30. The van der Waals surface area contributed by atoms with Gasteiger partial charge in [0.15, 0.2) is 9.90 Å². The number of ether oxygens (including phenoxy) is 1. The van der Waals surface area contributed by atoms with Crippen molar-refractivity contribution in [3.8, 4) is 0 Å². The van der Waals surface area contributed by atoms with Crippen LogP contribution in [0.3, 0.4) is 0 Å². The quantitative estimate of drug-likeness (QED) is 0.791. The SMILES string of the molecule is COC(=O)c1ncsc1S(=O)(=O)N1CCCC1CO. The molecule has 1 N–H and O–H groups in total. The lowest BCUT2D eigenvalue weighted by atomic mass is 10.2. The minimum absolute atomic E-state index is 0.125. The molecule has 1 saturated heterocycles. The summed E-state index contributed by atoms with van der Waals surface area (Å²) in [7, 11) is -2.64. The fourth-order valence-corrected chi connectivity index (χ4v) is 5.00. The van der Waals surface area contributed by atoms with Crippen molar-refractivity contribution in [1.29, 1.82) is 0 Å². The summed E-state index contributed by atoms with van der Waals surface area (Å²) in [4.78, 5) is 15.2. The number of thiazole rings is 1. The van der Waals surface area contributed by atoms with Gasteiger partial charge in [-0.15, -0.1) is 11.3 Å². The first kappa shape index (κ1) is 14.4. The molecule has 0 amide bonds. The molecule has 0 aromatic carbocycles. The summed E-state index contributed by atoms with van der Waals surface area (Å²) in [5.41, 5.74) is 1.10. The summed E-state index contributed by atoms with van der Waals surface area (Å²) in [6.45, 7) is 0.109. The van der Waals surface area contributed by atoms with E-state index in [9.17, 15) is 18.3 Å². The Morgan fingerprint density at radius 2 is 2.42 bits per heavy atom. The Bertz CT molecular complexity index is 568. The first-order valence-electron chi connectivity index (χ1n) is 5.67. The summed E-state index contributed by atoms with van der Waals surface area (Å²) in [6, 6.07) is -0.433. The topological polar surface area (TPSA) is 96.8 Å². The Kier molecular flexibility index (Phi) is 4.19. The van der Waals surface area contributed by atoms with E-state index in [0.717, 1.165) is 11.3 Å². The molecular formula is C10H14N2O5S2. The smallest absolute Gasteiger partial charge is 0.358 e. The van der Waals surface area contributed by atoms with Crippen LogP contribution in [0.25, 0.3) is 0 Å². The molecule has 1 atom stereocenters. The molecule has 1 aromatic heterocycles. The number of methoxy groups -OCH3 is 1. The zero-order valence-electron chi connectivity index (χ0n) is 10.3. The molecule has 0 bridgehead atoms. The van der Waals surface area contributed by atoms with Crippen molar-refractivity contribution in [2.24, 2.45) is 0 Å². The minimum Gasteiger partial charge on any atom is -0.464 e. The third-order valence-electron chi connectivity index (χ3n) is 2.99. The molecule has 2 rings (SSSR count). The predicted molar refractivity (Wildman–Crippen MR) is 67.5 cm³/mol. The second kappa shape index (κ2) is 5.53. The van der Waals surface area contributed by atoms with Crippen molar-refractivity contribution >= 4 is 27.3 Å². The first-order chi connectivity index (χ1) is 9.02. The molecule has 7 nitrogen and oxygen atoms in total. The molecule has 1 aliphatic rings. The van der Waals surface area contributed by atoms with Crippen LogP contribution in [0, 0.1) is 0 Å². The van der Waals surface area contributed by atoms with Crippen LogP contribution in [0.1, 0.15) is 23.3 Å². The number of aliphatic hydroxyl groups is 1. The Labute approximate surface area is 114 Å². The van der Waals surface area contributed by atoms with Crippen LogP contribution >= 0.6 is 11.3 Å². The Morgan fingerprint density at radius 3 is 3.05 bits per heavy atom. The second-order valence-corrected chi connectivity index (χ2v) is 7.01. The van der Waals surface area contributed by atoms with Gasteiger partial charge in [0.2, 0.25) is 0 Å².